The van der Waals surface area contributed by atoms with E-state index in [1.165, 1.54) is 22.3 Å². The van der Waals surface area contributed by atoms with E-state index < -0.39 is 0 Å². The van der Waals surface area contributed by atoms with Crippen LogP contribution < -0.4 is 10.5 Å². The van der Waals surface area contributed by atoms with E-state index in [4.69, 9.17) is 10.5 Å². The van der Waals surface area contributed by atoms with Crippen molar-refractivity contribution in [2.24, 2.45) is 5.73 Å². The SMILES string of the molecule is COc1ccc(CCC(N)c2ccc(C)cc2C)cc1. The summed E-state index contributed by atoms with van der Waals surface area (Å²) in [4.78, 5) is 0. The van der Waals surface area contributed by atoms with E-state index in [0.717, 1.165) is 18.6 Å². The summed E-state index contributed by atoms with van der Waals surface area (Å²) in [6.45, 7) is 4.25. The molecule has 2 heteroatoms. The van der Waals surface area contributed by atoms with Crippen LogP contribution in [0.4, 0.5) is 0 Å². The zero-order valence-electron chi connectivity index (χ0n) is 12.5. The van der Waals surface area contributed by atoms with Gasteiger partial charge < -0.3 is 10.5 Å². The minimum atomic E-state index is 0.0951. The Morgan fingerprint density at radius 2 is 1.75 bits per heavy atom. The highest BCUT2D eigenvalue weighted by Crippen LogP contribution is 2.22. The maximum atomic E-state index is 6.33. The summed E-state index contributed by atoms with van der Waals surface area (Å²) < 4.78 is 5.17. The predicted molar refractivity (Wildman–Crippen MR) is 84.2 cm³/mol. The summed E-state index contributed by atoms with van der Waals surface area (Å²) in [6, 6.07) is 14.8. The van der Waals surface area contributed by atoms with Crippen molar-refractivity contribution in [3.63, 3.8) is 0 Å². The van der Waals surface area contributed by atoms with Gasteiger partial charge in [-0.25, -0.2) is 0 Å². The minimum absolute atomic E-state index is 0.0951. The summed E-state index contributed by atoms with van der Waals surface area (Å²) in [5, 5.41) is 0. The Balaban J connectivity index is 1.98. The highest BCUT2D eigenvalue weighted by Gasteiger charge is 2.09. The monoisotopic (exact) mass is 269 g/mol. The van der Waals surface area contributed by atoms with Crippen LogP contribution in [0.3, 0.4) is 0 Å². The Morgan fingerprint density at radius 3 is 2.35 bits per heavy atom. The van der Waals surface area contributed by atoms with Gasteiger partial charge in [0.2, 0.25) is 0 Å². The summed E-state index contributed by atoms with van der Waals surface area (Å²) in [5.74, 6) is 0.896. The average molecular weight is 269 g/mol. The molecule has 2 N–H and O–H groups in total. The van der Waals surface area contributed by atoms with Crippen LogP contribution >= 0.6 is 0 Å². The van der Waals surface area contributed by atoms with Gasteiger partial charge in [0, 0.05) is 6.04 Å². The lowest BCUT2D eigenvalue weighted by Crippen LogP contribution is -2.12. The van der Waals surface area contributed by atoms with Crippen molar-refractivity contribution in [2.75, 3.05) is 7.11 Å². The van der Waals surface area contributed by atoms with Crippen LogP contribution in [0.25, 0.3) is 0 Å². The predicted octanol–water partition coefficient (Wildman–Crippen LogP) is 3.94. The number of ether oxygens (including phenoxy) is 1. The Labute approximate surface area is 121 Å². The Bertz CT molecular complexity index is 560. The maximum absolute atomic E-state index is 6.33. The highest BCUT2D eigenvalue weighted by molar-refractivity contribution is 5.33. The van der Waals surface area contributed by atoms with Gasteiger partial charge in [-0.15, -0.1) is 0 Å². The number of hydrogen-bond acceptors (Lipinski definition) is 2. The van der Waals surface area contributed by atoms with E-state index in [2.05, 4.69) is 44.2 Å². The normalized spacial score (nSPS) is 12.2. The van der Waals surface area contributed by atoms with Gasteiger partial charge in [0.15, 0.2) is 0 Å². The fourth-order valence-electron chi connectivity index (χ4n) is 2.51. The zero-order chi connectivity index (χ0) is 14.5. The van der Waals surface area contributed by atoms with Crippen molar-refractivity contribution in [3.05, 3.63) is 64.7 Å². The topological polar surface area (TPSA) is 35.2 Å². The van der Waals surface area contributed by atoms with Crippen molar-refractivity contribution in [2.45, 2.75) is 32.7 Å². The number of rotatable bonds is 5. The second-order valence-electron chi connectivity index (χ2n) is 5.35. The molecule has 106 valence electrons. The summed E-state index contributed by atoms with van der Waals surface area (Å²) >= 11 is 0. The molecule has 2 nitrogen and oxygen atoms in total. The van der Waals surface area contributed by atoms with E-state index >= 15 is 0 Å². The molecule has 1 unspecified atom stereocenters. The Kier molecular flexibility index (Phi) is 4.80. The fourth-order valence-corrected chi connectivity index (χ4v) is 2.51. The molecule has 0 saturated heterocycles. The summed E-state index contributed by atoms with van der Waals surface area (Å²) in [5.41, 5.74) is 11.4. The van der Waals surface area contributed by atoms with Crippen molar-refractivity contribution in [1.82, 2.24) is 0 Å². The number of benzene rings is 2. The highest BCUT2D eigenvalue weighted by atomic mass is 16.5. The lowest BCUT2D eigenvalue weighted by atomic mass is 9.95. The lowest BCUT2D eigenvalue weighted by molar-refractivity contribution is 0.414. The molecule has 0 aliphatic heterocycles. The first-order valence-corrected chi connectivity index (χ1v) is 7.06. The van der Waals surface area contributed by atoms with Gasteiger partial charge in [-0.3, -0.25) is 0 Å². The zero-order valence-corrected chi connectivity index (χ0v) is 12.5. The molecular formula is C18H23NO. The van der Waals surface area contributed by atoms with Gasteiger partial charge in [0.25, 0.3) is 0 Å². The van der Waals surface area contributed by atoms with Crippen LogP contribution in [0.1, 0.15) is 34.7 Å². The van der Waals surface area contributed by atoms with E-state index in [0.29, 0.717) is 0 Å². The van der Waals surface area contributed by atoms with Crippen LogP contribution in [0.15, 0.2) is 42.5 Å². The number of methoxy groups -OCH3 is 1. The Morgan fingerprint density at radius 1 is 1.05 bits per heavy atom. The second-order valence-corrected chi connectivity index (χ2v) is 5.35. The van der Waals surface area contributed by atoms with E-state index in [1.54, 1.807) is 7.11 Å². The van der Waals surface area contributed by atoms with Gasteiger partial charge in [-0.05, 0) is 55.5 Å². The molecule has 20 heavy (non-hydrogen) atoms. The van der Waals surface area contributed by atoms with Gasteiger partial charge in [0.1, 0.15) is 5.75 Å². The van der Waals surface area contributed by atoms with Gasteiger partial charge >= 0.3 is 0 Å². The number of nitrogens with two attached hydrogens (primary N) is 1. The van der Waals surface area contributed by atoms with Gasteiger partial charge in [0.05, 0.1) is 7.11 Å². The van der Waals surface area contributed by atoms with E-state index in [9.17, 15) is 0 Å². The molecule has 0 aliphatic rings. The molecule has 0 spiro atoms. The summed E-state index contributed by atoms with van der Waals surface area (Å²) in [7, 11) is 1.69. The average Bonchev–Trinajstić information content (AvgIpc) is 2.45. The molecule has 2 aromatic rings. The first-order chi connectivity index (χ1) is 9.60. The quantitative estimate of drug-likeness (QED) is 0.892. The van der Waals surface area contributed by atoms with Crippen LogP contribution in [-0.2, 0) is 6.42 Å². The number of aryl methyl sites for hydroxylation is 3. The van der Waals surface area contributed by atoms with Crippen LogP contribution in [0.2, 0.25) is 0 Å². The van der Waals surface area contributed by atoms with E-state index in [1.807, 2.05) is 12.1 Å². The van der Waals surface area contributed by atoms with Crippen molar-refractivity contribution in [1.29, 1.82) is 0 Å². The molecule has 0 heterocycles. The van der Waals surface area contributed by atoms with Crippen LogP contribution in [0, 0.1) is 13.8 Å². The van der Waals surface area contributed by atoms with Crippen LogP contribution in [-0.4, -0.2) is 7.11 Å². The molecule has 1 atom stereocenters. The van der Waals surface area contributed by atoms with Crippen molar-refractivity contribution >= 4 is 0 Å². The van der Waals surface area contributed by atoms with Gasteiger partial charge in [-0.1, -0.05) is 35.9 Å². The van der Waals surface area contributed by atoms with Gasteiger partial charge in [-0.2, -0.15) is 0 Å². The second kappa shape index (κ2) is 6.58. The largest absolute Gasteiger partial charge is 0.497 e. The molecule has 2 aromatic carbocycles. The first-order valence-electron chi connectivity index (χ1n) is 7.06. The summed E-state index contributed by atoms with van der Waals surface area (Å²) in [6.07, 6.45) is 1.94. The molecule has 0 aliphatic carbocycles. The first kappa shape index (κ1) is 14.6. The molecule has 2 rings (SSSR count). The molecule has 0 fully saturated rings. The van der Waals surface area contributed by atoms with Crippen molar-refractivity contribution in [3.8, 4) is 5.75 Å². The lowest BCUT2D eigenvalue weighted by Gasteiger charge is -2.15. The maximum Gasteiger partial charge on any atom is 0.118 e. The molecule has 0 aromatic heterocycles. The Hall–Kier alpha value is -1.80. The third-order valence-electron chi connectivity index (χ3n) is 3.73. The standard InChI is InChI=1S/C18H23NO/c1-13-4-10-17(14(2)12-13)18(19)11-7-15-5-8-16(20-3)9-6-15/h4-6,8-10,12,18H,7,11,19H2,1-3H3. The molecule has 0 amide bonds. The smallest absolute Gasteiger partial charge is 0.118 e. The van der Waals surface area contributed by atoms with Crippen molar-refractivity contribution < 1.29 is 4.74 Å². The molecule has 0 bridgehead atoms. The third kappa shape index (κ3) is 3.61. The third-order valence-corrected chi connectivity index (χ3v) is 3.73. The fraction of sp³-hybridized carbons (Fsp3) is 0.333. The minimum Gasteiger partial charge on any atom is -0.497 e. The molecular weight excluding hydrogens is 246 g/mol. The van der Waals surface area contributed by atoms with Crippen LogP contribution in [0.5, 0.6) is 5.75 Å². The van der Waals surface area contributed by atoms with E-state index in [-0.39, 0.29) is 6.04 Å². The molecule has 0 saturated carbocycles. The number of hydrogen-bond donors (Lipinski definition) is 1. The molecule has 0 radical (unpaired) electrons.